The molecule has 1 aromatic carbocycles. The summed E-state index contributed by atoms with van der Waals surface area (Å²) in [5, 5.41) is 0. The Bertz CT molecular complexity index is 598. The first-order valence-electron chi connectivity index (χ1n) is 9.03. The van der Waals surface area contributed by atoms with Crippen LogP contribution in [-0.4, -0.2) is 50.0 Å². The van der Waals surface area contributed by atoms with Gasteiger partial charge in [0.2, 0.25) is 0 Å². The van der Waals surface area contributed by atoms with E-state index in [1.807, 2.05) is 41.7 Å². The van der Waals surface area contributed by atoms with E-state index in [1.54, 1.807) is 14.0 Å². The van der Waals surface area contributed by atoms with Gasteiger partial charge in [0.05, 0.1) is 24.4 Å². The highest BCUT2D eigenvalue weighted by Gasteiger charge is 2.23. The Morgan fingerprint density at radius 2 is 2.08 bits per heavy atom. The van der Waals surface area contributed by atoms with Crippen LogP contribution in [0.3, 0.4) is 0 Å². The van der Waals surface area contributed by atoms with E-state index in [4.69, 9.17) is 18.9 Å². The van der Waals surface area contributed by atoms with E-state index in [0.29, 0.717) is 22.7 Å². The third kappa shape index (κ3) is 5.31. The Kier molecular flexibility index (Phi) is 7.54. The molecule has 2 saturated heterocycles. The van der Waals surface area contributed by atoms with Crippen LogP contribution in [0, 0.1) is 0 Å². The molecule has 2 fully saturated rings. The van der Waals surface area contributed by atoms with Gasteiger partial charge in [-0.25, -0.2) is 4.79 Å². The molecule has 0 spiro atoms. The average Bonchev–Trinajstić information content (AvgIpc) is 3.22. The fourth-order valence-electron chi connectivity index (χ4n) is 2.92. The number of esters is 1. The second kappa shape index (κ2) is 9.88. The van der Waals surface area contributed by atoms with Crippen LogP contribution in [-0.2, 0) is 14.3 Å². The highest BCUT2D eigenvalue weighted by Crippen LogP contribution is 2.46. The van der Waals surface area contributed by atoms with E-state index in [0.717, 1.165) is 37.4 Å². The zero-order valence-electron chi connectivity index (χ0n) is 15.3. The monoisotopic (exact) mass is 398 g/mol. The lowest BCUT2D eigenvalue weighted by Crippen LogP contribution is -2.31. The van der Waals surface area contributed by atoms with Crippen molar-refractivity contribution < 1.29 is 23.7 Å². The van der Waals surface area contributed by atoms with E-state index in [2.05, 4.69) is 0 Å². The first-order valence-corrected chi connectivity index (χ1v) is 11.1. The Labute approximate surface area is 163 Å². The van der Waals surface area contributed by atoms with Crippen molar-refractivity contribution in [2.75, 3.05) is 31.8 Å². The predicted octanol–water partition coefficient (Wildman–Crippen LogP) is 4.05. The summed E-state index contributed by atoms with van der Waals surface area (Å²) < 4.78 is 22.6. The van der Waals surface area contributed by atoms with Crippen molar-refractivity contribution in [1.29, 1.82) is 0 Å². The molecule has 3 rings (SSSR count). The van der Waals surface area contributed by atoms with Crippen molar-refractivity contribution >= 4 is 29.5 Å². The number of hydrogen-bond acceptors (Lipinski definition) is 7. The molecule has 0 aromatic heterocycles. The van der Waals surface area contributed by atoms with Crippen LogP contribution in [0.2, 0.25) is 0 Å². The molecule has 0 bridgehead atoms. The predicted molar refractivity (Wildman–Crippen MR) is 105 cm³/mol. The molecule has 1 aromatic rings. The van der Waals surface area contributed by atoms with Crippen LogP contribution >= 0.6 is 23.5 Å². The van der Waals surface area contributed by atoms with Crippen molar-refractivity contribution in [3.05, 3.63) is 23.8 Å². The molecule has 2 aliphatic rings. The van der Waals surface area contributed by atoms with Gasteiger partial charge in [-0.15, -0.1) is 23.5 Å². The van der Waals surface area contributed by atoms with Crippen molar-refractivity contribution in [1.82, 2.24) is 0 Å². The molecule has 144 valence electrons. The van der Waals surface area contributed by atoms with Crippen LogP contribution in [0.1, 0.15) is 36.3 Å². The van der Waals surface area contributed by atoms with Crippen molar-refractivity contribution in [2.24, 2.45) is 0 Å². The molecule has 0 amide bonds. The third-order valence-electron chi connectivity index (χ3n) is 4.43. The van der Waals surface area contributed by atoms with E-state index in [1.165, 1.54) is 5.56 Å². The molecule has 2 atom stereocenters. The zero-order valence-corrected chi connectivity index (χ0v) is 16.9. The summed E-state index contributed by atoms with van der Waals surface area (Å²) in [6.45, 7) is 2.90. The third-order valence-corrected chi connectivity index (χ3v) is 7.53. The van der Waals surface area contributed by atoms with E-state index < -0.39 is 12.1 Å². The summed E-state index contributed by atoms with van der Waals surface area (Å²) in [4.78, 5) is 12.3. The summed E-state index contributed by atoms with van der Waals surface area (Å²) in [6, 6.07) is 5.77. The molecule has 0 radical (unpaired) electrons. The molecule has 26 heavy (non-hydrogen) atoms. The molecule has 7 heteroatoms. The van der Waals surface area contributed by atoms with Crippen LogP contribution in [0.25, 0.3) is 0 Å². The number of benzene rings is 1. The number of hydrogen-bond donors (Lipinski definition) is 0. The van der Waals surface area contributed by atoms with Gasteiger partial charge in [0.15, 0.2) is 17.6 Å². The van der Waals surface area contributed by atoms with Gasteiger partial charge >= 0.3 is 5.97 Å². The van der Waals surface area contributed by atoms with E-state index >= 15 is 0 Å². The summed E-state index contributed by atoms with van der Waals surface area (Å²) in [6.07, 6.45) is 2.66. The van der Waals surface area contributed by atoms with Crippen LogP contribution in [0.5, 0.6) is 11.5 Å². The fourth-order valence-corrected chi connectivity index (χ4v) is 5.75. The van der Waals surface area contributed by atoms with Crippen LogP contribution < -0.4 is 9.47 Å². The van der Waals surface area contributed by atoms with Gasteiger partial charge in [-0.05, 0) is 43.9 Å². The van der Waals surface area contributed by atoms with Gasteiger partial charge in [0, 0.05) is 18.1 Å². The maximum atomic E-state index is 12.3. The number of carbonyl (C=O) groups is 1. The summed E-state index contributed by atoms with van der Waals surface area (Å²) in [5.41, 5.74) is 1.19. The molecule has 0 saturated carbocycles. The molecule has 0 N–H and O–H groups in total. The standard InChI is InChI=1S/C19H26O5S2/c1-13(23-12-15-5-3-4-8-22-15)18(20)24-16-7-6-14(11-17(16)21-2)19-25-9-10-26-19/h6-7,11,13,15,19H,3-5,8-10,12H2,1-2H3. The first kappa shape index (κ1) is 19.9. The van der Waals surface area contributed by atoms with Gasteiger partial charge in [-0.2, -0.15) is 0 Å². The van der Waals surface area contributed by atoms with Crippen molar-refractivity contribution in [3.63, 3.8) is 0 Å². The molecule has 2 aliphatic heterocycles. The quantitative estimate of drug-likeness (QED) is 0.507. The SMILES string of the molecule is COc1cc(C2SCCS2)ccc1OC(=O)C(C)OCC1CCCCO1. The highest BCUT2D eigenvalue weighted by atomic mass is 32.2. The largest absolute Gasteiger partial charge is 0.493 e. The maximum absolute atomic E-state index is 12.3. The van der Waals surface area contributed by atoms with Gasteiger partial charge in [0.1, 0.15) is 0 Å². The van der Waals surface area contributed by atoms with E-state index in [9.17, 15) is 4.79 Å². The Balaban J connectivity index is 1.55. The minimum absolute atomic E-state index is 0.0780. The average molecular weight is 399 g/mol. The smallest absolute Gasteiger partial charge is 0.340 e. The van der Waals surface area contributed by atoms with Crippen LogP contribution in [0.4, 0.5) is 0 Å². The fraction of sp³-hybridized carbons (Fsp3) is 0.632. The van der Waals surface area contributed by atoms with Gasteiger partial charge in [-0.3, -0.25) is 0 Å². The Morgan fingerprint density at radius 1 is 1.27 bits per heavy atom. The lowest BCUT2D eigenvalue weighted by Gasteiger charge is -2.23. The molecule has 2 heterocycles. The summed E-state index contributed by atoms with van der Waals surface area (Å²) >= 11 is 3.85. The van der Waals surface area contributed by atoms with Crippen molar-refractivity contribution in [3.8, 4) is 11.5 Å². The lowest BCUT2D eigenvalue weighted by molar-refractivity contribution is -0.149. The Hall–Kier alpha value is -0.890. The molecular formula is C19H26O5S2. The topological polar surface area (TPSA) is 54.0 Å². The Morgan fingerprint density at radius 3 is 2.77 bits per heavy atom. The molecule has 5 nitrogen and oxygen atoms in total. The second-order valence-electron chi connectivity index (χ2n) is 6.37. The summed E-state index contributed by atoms with van der Waals surface area (Å²) in [7, 11) is 1.59. The lowest BCUT2D eigenvalue weighted by atomic mass is 10.1. The normalized spacial score (nSPS) is 22.2. The number of methoxy groups -OCH3 is 1. The molecule has 0 aliphatic carbocycles. The van der Waals surface area contributed by atoms with Gasteiger partial charge in [0.25, 0.3) is 0 Å². The molecule has 2 unspecified atom stereocenters. The number of ether oxygens (including phenoxy) is 4. The minimum Gasteiger partial charge on any atom is -0.493 e. The van der Waals surface area contributed by atoms with E-state index in [-0.39, 0.29) is 6.10 Å². The highest BCUT2D eigenvalue weighted by molar-refractivity contribution is 8.19. The zero-order chi connectivity index (χ0) is 18.4. The second-order valence-corrected chi connectivity index (χ2v) is 9.09. The first-order chi connectivity index (χ1) is 12.7. The van der Waals surface area contributed by atoms with Crippen molar-refractivity contribution in [2.45, 2.75) is 43.0 Å². The minimum atomic E-state index is -0.647. The number of thioether (sulfide) groups is 2. The number of rotatable bonds is 7. The van der Waals surface area contributed by atoms with Crippen LogP contribution in [0.15, 0.2) is 18.2 Å². The van der Waals surface area contributed by atoms with Gasteiger partial charge in [-0.1, -0.05) is 6.07 Å². The van der Waals surface area contributed by atoms with Gasteiger partial charge < -0.3 is 18.9 Å². The maximum Gasteiger partial charge on any atom is 0.340 e. The number of carbonyl (C=O) groups excluding carboxylic acids is 1. The summed E-state index contributed by atoms with van der Waals surface area (Å²) in [5.74, 6) is 2.91. The molecular weight excluding hydrogens is 372 g/mol.